The molecule has 1 aliphatic rings. The highest BCUT2D eigenvalue weighted by Crippen LogP contribution is 2.18. The van der Waals surface area contributed by atoms with Gasteiger partial charge in [-0.25, -0.2) is 0 Å². The summed E-state index contributed by atoms with van der Waals surface area (Å²) >= 11 is 0. The number of carbonyl (C=O) groups excluding carboxylic acids is 2. The third kappa shape index (κ3) is 2.69. The monoisotopic (exact) mass is 263 g/mol. The van der Waals surface area contributed by atoms with Gasteiger partial charge >= 0.3 is 0 Å². The van der Waals surface area contributed by atoms with Crippen LogP contribution in [0.25, 0.3) is 0 Å². The molecule has 2 rings (SSSR count). The van der Waals surface area contributed by atoms with Crippen molar-refractivity contribution in [1.29, 1.82) is 0 Å². The van der Waals surface area contributed by atoms with Gasteiger partial charge in [-0.15, -0.1) is 0 Å². The number of nitrogens with zero attached hydrogens (tertiary/aromatic N) is 3. The Morgan fingerprint density at radius 1 is 1.47 bits per heavy atom. The van der Waals surface area contributed by atoms with E-state index >= 15 is 0 Å². The molecular weight excluding hydrogens is 242 g/mol. The van der Waals surface area contributed by atoms with Crippen molar-refractivity contribution in [2.24, 2.45) is 5.92 Å². The number of hydrogen-bond donors (Lipinski definition) is 0. The lowest BCUT2D eigenvalue weighted by Crippen LogP contribution is -2.44. The highest BCUT2D eigenvalue weighted by Gasteiger charge is 2.30. The molecule has 19 heavy (non-hydrogen) atoms. The first-order valence-corrected chi connectivity index (χ1v) is 6.93. The molecule has 5 nitrogen and oxygen atoms in total. The lowest BCUT2D eigenvalue weighted by molar-refractivity contribution is -0.125. The van der Waals surface area contributed by atoms with Gasteiger partial charge in [-0.05, 0) is 26.3 Å². The molecule has 104 valence electrons. The van der Waals surface area contributed by atoms with Gasteiger partial charge in [-0.1, -0.05) is 6.92 Å². The van der Waals surface area contributed by atoms with E-state index in [4.69, 9.17) is 0 Å². The van der Waals surface area contributed by atoms with Crippen LogP contribution in [0.1, 0.15) is 42.9 Å². The topological polar surface area (TPSA) is 55.2 Å². The average molecular weight is 263 g/mol. The van der Waals surface area contributed by atoms with E-state index in [9.17, 15) is 9.59 Å². The molecule has 1 amide bonds. The number of hydrogen-bond acceptors (Lipinski definition) is 3. The van der Waals surface area contributed by atoms with E-state index in [0.29, 0.717) is 31.7 Å². The Morgan fingerprint density at radius 3 is 2.84 bits per heavy atom. The zero-order valence-electron chi connectivity index (χ0n) is 11.8. The predicted molar refractivity (Wildman–Crippen MR) is 71.9 cm³/mol. The third-order valence-corrected chi connectivity index (χ3v) is 3.73. The second-order valence-electron chi connectivity index (χ2n) is 5.06. The molecule has 1 saturated heterocycles. The maximum absolute atomic E-state index is 12.5. The molecule has 0 aliphatic carbocycles. The first-order valence-electron chi connectivity index (χ1n) is 6.93. The number of carbonyl (C=O) groups is 2. The van der Waals surface area contributed by atoms with Crippen molar-refractivity contribution in [3.8, 4) is 0 Å². The van der Waals surface area contributed by atoms with Crippen LogP contribution < -0.4 is 0 Å². The number of Topliss-reactive ketones (excluding diaryl/α,β-unsaturated/α-hetero) is 1. The predicted octanol–water partition coefficient (Wildman–Crippen LogP) is 1.65. The summed E-state index contributed by atoms with van der Waals surface area (Å²) in [6.07, 6.45) is 1.28. The Balaban J connectivity index is 2.17. The molecule has 1 aliphatic heterocycles. The largest absolute Gasteiger partial charge is 0.336 e. The van der Waals surface area contributed by atoms with Crippen LogP contribution in [0.4, 0.5) is 0 Å². The van der Waals surface area contributed by atoms with Crippen molar-refractivity contribution in [2.75, 3.05) is 13.1 Å². The maximum Gasteiger partial charge on any atom is 0.272 e. The number of likely N-dealkylation sites (tertiary alicyclic amines) is 1. The van der Waals surface area contributed by atoms with E-state index in [1.807, 2.05) is 26.8 Å². The van der Waals surface area contributed by atoms with Crippen LogP contribution in [0.2, 0.25) is 0 Å². The molecule has 0 N–H and O–H groups in total. The lowest BCUT2D eigenvalue weighted by Gasteiger charge is -2.31. The van der Waals surface area contributed by atoms with Crippen molar-refractivity contribution in [2.45, 2.75) is 40.2 Å². The Bertz CT molecular complexity index is 493. The van der Waals surface area contributed by atoms with Crippen molar-refractivity contribution < 1.29 is 9.59 Å². The van der Waals surface area contributed by atoms with Crippen LogP contribution in [0.3, 0.4) is 0 Å². The van der Waals surface area contributed by atoms with Crippen molar-refractivity contribution >= 4 is 11.7 Å². The second kappa shape index (κ2) is 5.55. The van der Waals surface area contributed by atoms with Gasteiger partial charge in [0.1, 0.15) is 11.5 Å². The van der Waals surface area contributed by atoms with E-state index in [1.165, 1.54) is 0 Å². The Kier molecular flexibility index (Phi) is 4.02. The van der Waals surface area contributed by atoms with E-state index < -0.39 is 0 Å². The van der Waals surface area contributed by atoms with Crippen molar-refractivity contribution in [3.05, 3.63) is 17.5 Å². The molecule has 0 saturated carbocycles. The zero-order valence-corrected chi connectivity index (χ0v) is 11.8. The Morgan fingerprint density at radius 2 is 2.21 bits per heavy atom. The molecular formula is C14H21N3O2. The number of aromatic nitrogens is 2. The summed E-state index contributed by atoms with van der Waals surface area (Å²) in [4.78, 5) is 26.0. The highest BCUT2D eigenvalue weighted by molar-refractivity contribution is 5.94. The van der Waals surface area contributed by atoms with Crippen LogP contribution in [0.15, 0.2) is 6.07 Å². The normalized spacial score (nSPS) is 19.8. The van der Waals surface area contributed by atoms with Crippen LogP contribution in [0, 0.1) is 12.8 Å². The smallest absolute Gasteiger partial charge is 0.272 e. The van der Waals surface area contributed by atoms with E-state index in [0.717, 1.165) is 12.1 Å². The molecule has 5 heteroatoms. The van der Waals surface area contributed by atoms with Gasteiger partial charge in [-0.3, -0.25) is 14.3 Å². The minimum Gasteiger partial charge on any atom is -0.336 e. The molecule has 0 radical (unpaired) electrons. The van der Waals surface area contributed by atoms with E-state index in [1.54, 1.807) is 9.58 Å². The van der Waals surface area contributed by atoms with Crippen LogP contribution in [0.5, 0.6) is 0 Å². The molecule has 1 aromatic rings. The summed E-state index contributed by atoms with van der Waals surface area (Å²) in [6, 6.07) is 1.82. The minimum absolute atomic E-state index is 0.00297. The van der Waals surface area contributed by atoms with Crippen LogP contribution in [-0.2, 0) is 11.3 Å². The molecule has 1 unspecified atom stereocenters. The molecule has 0 aromatic carbocycles. The first kappa shape index (κ1) is 13.8. The number of ketones is 1. The maximum atomic E-state index is 12.5. The molecule has 2 heterocycles. The molecule has 1 atom stereocenters. The number of rotatable bonds is 3. The standard InChI is InChI=1S/C14H21N3O2/c1-4-11-9-16(7-6-13(11)18)14(19)12-8-10(3)15-17(12)5-2/h8,11H,4-7,9H2,1-3H3. The summed E-state index contributed by atoms with van der Waals surface area (Å²) in [6.45, 7) is 7.61. The second-order valence-corrected chi connectivity index (χ2v) is 5.06. The van der Waals surface area contributed by atoms with Gasteiger partial charge < -0.3 is 4.90 Å². The zero-order chi connectivity index (χ0) is 14.0. The minimum atomic E-state index is -0.00611. The third-order valence-electron chi connectivity index (χ3n) is 3.73. The Labute approximate surface area is 113 Å². The average Bonchev–Trinajstić information content (AvgIpc) is 2.79. The van der Waals surface area contributed by atoms with Crippen molar-refractivity contribution in [1.82, 2.24) is 14.7 Å². The fourth-order valence-electron chi connectivity index (χ4n) is 2.57. The lowest BCUT2D eigenvalue weighted by atomic mass is 9.94. The van der Waals surface area contributed by atoms with Gasteiger partial charge in [0, 0.05) is 32.0 Å². The summed E-state index contributed by atoms with van der Waals surface area (Å²) in [5, 5.41) is 4.30. The Hall–Kier alpha value is -1.65. The van der Waals surface area contributed by atoms with Crippen LogP contribution >= 0.6 is 0 Å². The quantitative estimate of drug-likeness (QED) is 0.833. The van der Waals surface area contributed by atoms with Gasteiger partial charge in [0.2, 0.25) is 0 Å². The van der Waals surface area contributed by atoms with Crippen molar-refractivity contribution in [3.63, 3.8) is 0 Å². The first-order chi connectivity index (χ1) is 9.06. The fourth-order valence-corrected chi connectivity index (χ4v) is 2.57. The summed E-state index contributed by atoms with van der Waals surface area (Å²) in [5.74, 6) is 0.275. The summed E-state index contributed by atoms with van der Waals surface area (Å²) in [7, 11) is 0. The van der Waals surface area contributed by atoms with Gasteiger partial charge in [0.15, 0.2) is 0 Å². The molecule has 0 spiro atoms. The molecule has 0 bridgehead atoms. The number of piperidine rings is 1. The van der Waals surface area contributed by atoms with Gasteiger partial charge in [-0.2, -0.15) is 5.10 Å². The van der Waals surface area contributed by atoms with E-state index in [-0.39, 0.29) is 17.6 Å². The molecule has 1 fully saturated rings. The summed E-state index contributed by atoms with van der Waals surface area (Å²) < 4.78 is 1.73. The molecule has 1 aromatic heterocycles. The van der Waals surface area contributed by atoms with E-state index in [2.05, 4.69) is 5.10 Å². The number of amides is 1. The fraction of sp³-hybridized carbons (Fsp3) is 0.643. The van der Waals surface area contributed by atoms with Gasteiger partial charge in [0.25, 0.3) is 5.91 Å². The van der Waals surface area contributed by atoms with Crippen LogP contribution in [-0.4, -0.2) is 39.5 Å². The SMILES string of the molecule is CCC1CN(C(=O)c2cc(C)nn2CC)CCC1=O. The highest BCUT2D eigenvalue weighted by atomic mass is 16.2. The number of aryl methyl sites for hydroxylation is 2. The van der Waals surface area contributed by atoms with Gasteiger partial charge in [0.05, 0.1) is 5.69 Å². The summed E-state index contributed by atoms with van der Waals surface area (Å²) in [5.41, 5.74) is 1.48.